The number of carbonyl (C=O) groups excluding carboxylic acids is 3. The van der Waals surface area contributed by atoms with Crippen LogP contribution in [-0.2, 0) is 24.4 Å². The van der Waals surface area contributed by atoms with Crippen LogP contribution in [0.5, 0.6) is 11.6 Å². The van der Waals surface area contributed by atoms with Crippen LogP contribution < -0.4 is 19.5 Å². The number of benzene rings is 1. The fourth-order valence-corrected chi connectivity index (χ4v) is 8.06. The molecule has 2 aromatic rings. The van der Waals surface area contributed by atoms with E-state index in [2.05, 4.69) is 17.2 Å². The molecule has 1 aromatic carbocycles. The van der Waals surface area contributed by atoms with Crippen molar-refractivity contribution < 1.29 is 36.7 Å². The van der Waals surface area contributed by atoms with Crippen LogP contribution in [0.3, 0.4) is 0 Å². The molecule has 6 rings (SSSR count). The number of ether oxygens (including phenoxy) is 2. The van der Waals surface area contributed by atoms with Gasteiger partial charge in [0.05, 0.1) is 13.7 Å². The third-order valence-corrected chi connectivity index (χ3v) is 11.6. The van der Waals surface area contributed by atoms with Crippen LogP contribution in [0.15, 0.2) is 42.6 Å². The predicted molar refractivity (Wildman–Crippen MR) is 168 cm³/mol. The highest BCUT2D eigenvalue weighted by atomic mass is 32.2. The summed E-state index contributed by atoms with van der Waals surface area (Å²) in [5, 5.41) is 1.93. The lowest BCUT2D eigenvalue weighted by Crippen LogP contribution is -2.57. The number of pyridine rings is 1. The van der Waals surface area contributed by atoms with Gasteiger partial charge in [-0.1, -0.05) is 26.0 Å². The first-order valence-electron chi connectivity index (χ1n) is 16.0. The van der Waals surface area contributed by atoms with Crippen LogP contribution in [-0.4, -0.2) is 72.4 Å². The van der Waals surface area contributed by atoms with Gasteiger partial charge in [-0.2, -0.15) is 0 Å². The van der Waals surface area contributed by atoms with Crippen LogP contribution in [0.4, 0.5) is 4.39 Å². The van der Waals surface area contributed by atoms with Crippen LogP contribution in [0.25, 0.3) is 10.8 Å². The van der Waals surface area contributed by atoms with Gasteiger partial charge in [-0.3, -0.25) is 14.4 Å². The van der Waals surface area contributed by atoms with Crippen LogP contribution >= 0.6 is 0 Å². The minimum Gasteiger partial charge on any atom is -0.497 e. The highest BCUT2D eigenvalue weighted by Crippen LogP contribution is 2.48. The molecular formula is C33H41FN4O7S. The normalized spacial score (nSPS) is 31.8. The summed E-state index contributed by atoms with van der Waals surface area (Å²) in [6, 6.07) is 6.37. The van der Waals surface area contributed by atoms with Crippen molar-refractivity contribution >= 4 is 38.5 Å². The Morgan fingerprint density at radius 1 is 1.15 bits per heavy atom. The number of aromatic nitrogens is 1. The van der Waals surface area contributed by atoms with Crippen molar-refractivity contribution in [2.45, 2.75) is 87.9 Å². The van der Waals surface area contributed by atoms with Crippen molar-refractivity contribution in [2.75, 3.05) is 13.7 Å². The summed E-state index contributed by atoms with van der Waals surface area (Å²) in [4.78, 5) is 47.1. The summed E-state index contributed by atoms with van der Waals surface area (Å²) in [6.45, 7) is 4.30. The van der Waals surface area contributed by atoms with Crippen molar-refractivity contribution in [3.8, 4) is 11.6 Å². The van der Waals surface area contributed by atoms with Gasteiger partial charge in [-0.05, 0) is 67.2 Å². The fourth-order valence-electron chi connectivity index (χ4n) is 6.82. The highest BCUT2D eigenvalue weighted by molar-refractivity contribution is 7.91. The van der Waals surface area contributed by atoms with E-state index >= 15 is 0 Å². The minimum atomic E-state index is -4.58. The average Bonchev–Trinajstić information content (AvgIpc) is 3.88. The van der Waals surface area contributed by atoms with Crippen molar-refractivity contribution in [3.05, 3.63) is 42.6 Å². The molecule has 4 aliphatic rings. The summed E-state index contributed by atoms with van der Waals surface area (Å²) in [7, 11) is -2.99. The molecule has 46 heavy (non-hydrogen) atoms. The van der Waals surface area contributed by atoms with Crippen LogP contribution in [0.1, 0.15) is 65.2 Å². The molecule has 2 aliphatic carbocycles. The molecule has 0 bridgehead atoms. The highest BCUT2D eigenvalue weighted by Gasteiger charge is 2.64. The number of methoxy groups -OCH3 is 1. The molecule has 3 fully saturated rings. The van der Waals surface area contributed by atoms with Gasteiger partial charge in [-0.15, -0.1) is 0 Å². The molecule has 11 nitrogen and oxygen atoms in total. The Morgan fingerprint density at radius 2 is 1.93 bits per heavy atom. The lowest BCUT2D eigenvalue weighted by Gasteiger charge is -2.27. The Morgan fingerprint density at radius 3 is 2.67 bits per heavy atom. The second-order valence-corrected chi connectivity index (χ2v) is 15.4. The SMILES string of the molecule is COc1ccc2c(O[C@@H]3C[C@H]4C(=O)N[C@]5(C(=O)NS(=O)(=O)C6(F)CC6)C[C@H]5/C=C\CC[C@@H](C)C[C@@H](C)CC(=O)N4C3)nccc2c1. The first-order valence-corrected chi connectivity index (χ1v) is 17.5. The molecule has 1 saturated heterocycles. The zero-order valence-corrected chi connectivity index (χ0v) is 27.1. The quantitative estimate of drug-likeness (QED) is 0.448. The van der Waals surface area contributed by atoms with E-state index in [4.69, 9.17) is 9.47 Å². The molecule has 0 radical (unpaired) electrons. The standard InChI is InChI=1S/C33H41FN4O7S/c1-20-6-4-5-7-23-18-33(23,31(41)37-46(42,43)32(34)11-12-32)36-29(40)27-17-25(19-38(27)28(39)15-21(2)14-20)45-30-26-9-8-24(44-3)16-22(26)10-13-35-30/h5,7-10,13,16,20-21,23,25,27H,4,6,11-12,14-15,17-19H2,1-3H3,(H,36,40)(H,37,41)/b7-5-/t20-,21-,23-,25-,27+,33-/m1/s1. The van der Waals surface area contributed by atoms with E-state index in [0.29, 0.717) is 17.5 Å². The number of nitrogens with one attached hydrogen (secondary N) is 2. The number of nitrogens with zero attached hydrogens (tertiary/aromatic N) is 2. The summed E-state index contributed by atoms with van der Waals surface area (Å²) < 4.78 is 53.4. The van der Waals surface area contributed by atoms with E-state index in [1.165, 1.54) is 4.90 Å². The van der Waals surface area contributed by atoms with Gasteiger partial charge in [0.15, 0.2) is 0 Å². The number of amides is 3. The number of hydrogen-bond donors (Lipinski definition) is 2. The van der Waals surface area contributed by atoms with Gasteiger partial charge in [-0.25, -0.2) is 22.5 Å². The smallest absolute Gasteiger partial charge is 0.270 e. The van der Waals surface area contributed by atoms with Gasteiger partial charge < -0.3 is 19.7 Å². The molecular weight excluding hydrogens is 615 g/mol. The summed E-state index contributed by atoms with van der Waals surface area (Å²) in [5.41, 5.74) is -1.57. The summed E-state index contributed by atoms with van der Waals surface area (Å²) in [5.74, 6) is -0.764. The maximum absolute atomic E-state index is 14.6. The third-order valence-electron chi connectivity index (χ3n) is 9.74. The van der Waals surface area contributed by atoms with Crippen molar-refractivity contribution in [2.24, 2.45) is 17.8 Å². The van der Waals surface area contributed by atoms with Gasteiger partial charge >= 0.3 is 0 Å². The molecule has 3 heterocycles. The number of alkyl halides is 1. The van der Waals surface area contributed by atoms with E-state index in [0.717, 1.165) is 30.0 Å². The zero-order chi connectivity index (χ0) is 32.9. The van der Waals surface area contributed by atoms with Crippen molar-refractivity contribution in [1.29, 1.82) is 0 Å². The molecule has 2 N–H and O–H groups in total. The van der Waals surface area contributed by atoms with Gasteiger partial charge in [0, 0.05) is 43.2 Å². The number of fused-ring (bicyclic) bond motifs is 3. The van der Waals surface area contributed by atoms with E-state index in [-0.39, 0.29) is 50.5 Å². The van der Waals surface area contributed by atoms with Gasteiger partial charge in [0.2, 0.25) is 22.7 Å². The molecule has 2 saturated carbocycles. The Bertz CT molecular complexity index is 1680. The molecule has 2 aliphatic heterocycles. The van der Waals surface area contributed by atoms with Gasteiger partial charge in [0.1, 0.15) is 23.4 Å². The Hall–Kier alpha value is -3.74. The maximum atomic E-state index is 14.6. The average molecular weight is 657 g/mol. The monoisotopic (exact) mass is 656 g/mol. The molecule has 1 aromatic heterocycles. The van der Waals surface area contributed by atoms with Crippen LogP contribution in [0.2, 0.25) is 0 Å². The lowest BCUT2D eigenvalue weighted by molar-refractivity contribution is -0.140. The van der Waals surface area contributed by atoms with E-state index < -0.39 is 50.4 Å². The lowest BCUT2D eigenvalue weighted by atomic mass is 9.91. The molecule has 0 unspecified atom stereocenters. The van der Waals surface area contributed by atoms with E-state index in [9.17, 15) is 27.2 Å². The largest absolute Gasteiger partial charge is 0.497 e. The molecule has 3 amide bonds. The number of hydrogen-bond acceptors (Lipinski definition) is 8. The van der Waals surface area contributed by atoms with Crippen LogP contribution in [0, 0.1) is 17.8 Å². The van der Waals surface area contributed by atoms with Crippen molar-refractivity contribution in [1.82, 2.24) is 19.9 Å². The molecule has 6 atom stereocenters. The fraction of sp³-hybridized carbons (Fsp3) is 0.576. The number of rotatable bonds is 6. The summed E-state index contributed by atoms with van der Waals surface area (Å²) in [6.07, 6.45) is 7.44. The number of carbonyl (C=O) groups is 3. The number of halogens is 1. The first-order chi connectivity index (χ1) is 21.8. The maximum Gasteiger partial charge on any atom is 0.270 e. The molecule has 248 valence electrons. The first kappa shape index (κ1) is 32.2. The number of sulfonamides is 1. The Labute approximate surface area is 268 Å². The Kier molecular flexibility index (Phi) is 8.49. The second kappa shape index (κ2) is 12.1. The Balaban J connectivity index is 1.28. The second-order valence-electron chi connectivity index (χ2n) is 13.5. The summed E-state index contributed by atoms with van der Waals surface area (Å²) >= 11 is 0. The molecule has 13 heteroatoms. The van der Waals surface area contributed by atoms with E-state index in [1.54, 1.807) is 19.4 Å². The number of allylic oxidation sites excluding steroid dienone is 1. The third kappa shape index (κ3) is 6.30. The topological polar surface area (TPSA) is 144 Å². The van der Waals surface area contributed by atoms with Crippen molar-refractivity contribution in [3.63, 3.8) is 0 Å². The van der Waals surface area contributed by atoms with Gasteiger partial charge in [0.25, 0.3) is 15.9 Å². The predicted octanol–water partition coefficient (Wildman–Crippen LogP) is 3.77. The zero-order valence-electron chi connectivity index (χ0n) is 26.3. The molecule has 0 spiro atoms. The minimum absolute atomic E-state index is 0.0844. The van der Waals surface area contributed by atoms with E-state index in [1.807, 2.05) is 42.0 Å².